The van der Waals surface area contributed by atoms with Gasteiger partial charge in [-0.3, -0.25) is 14.2 Å². The second kappa shape index (κ2) is 5.68. The lowest BCUT2D eigenvalue weighted by atomic mass is 10.1. The average molecular weight is 318 g/mol. The number of carbonyl (C=O) groups excluding carboxylic acids is 2. The highest BCUT2D eigenvalue weighted by molar-refractivity contribution is 7.12. The molecule has 3 rings (SSSR count). The molecule has 22 heavy (non-hydrogen) atoms. The first-order valence-electron chi connectivity index (χ1n) is 7.27. The zero-order valence-electron chi connectivity index (χ0n) is 12.8. The maximum absolute atomic E-state index is 12.3. The van der Waals surface area contributed by atoms with Crippen molar-refractivity contribution in [1.29, 1.82) is 0 Å². The second-order valence-electron chi connectivity index (χ2n) is 5.79. The van der Waals surface area contributed by atoms with Crippen molar-refractivity contribution < 1.29 is 14.3 Å². The van der Waals surface area contributed by atoms with Crippen LogP contribution in [-0.4, -0.2) is 27.9 Å². The SMILES string of the molecule is Cc1cc(C(=O)COC(=O)[C@H]2C[C@@H]2C)c(C)n1-c1nccs1. The van der Waals surface area contributed by atoms with Gasteiger partial charge in [0.2, 0.25) is 5.78 Å². The summed E-state index contributed by atoms with van der Waals surface area (Å²) in [7, 11) is 0. The van der Waals surface area contributed by atoms with Crippen molar-refractivity contribution in [3.05, 3.63) is 34.6 Å². The molecule has 0 N–H and O–H groups in total. The van der Waals surface area contributed by atoms with Crippen LogP contribution in [0.2, 0.25) is 0 Å². The lowest BCUT2D eigenvalue weighted by molar-refractivity contribution is -0.144. The number of esters is 1. The summed E-state index contributed by atoms with van der Waals surface area (Å²) < 4.78 is 7.08. The molecule has 2 aromatic rings. The fraction of sp³-hybridized carbons (Fsp3) is 0.438. The van der Waals surface area contributed by atoms with E-state index in [9.17, 15) is 9.59 Å². The lowest BCUT2D eigenvalue weighted by Crippen LogP contribution is -2.16. The van der Waals surface area contributed by atoms with Gasteiger partial charge < -0.3 is 4.74 Å². The van der Waals surface area contributed by atoms with Crippen molar-refractivity contribution in [1.82, 2.24) is 9.55 Å². The number of nitrogens with zero attached hydrogens (tertiary/aromatic N) is 2. The minimum Gasteiger partial charge on any atom is -0.457 e. The quantitative estimate of drug-likeness (QED) is 0.628. The van der Waals surface area contributed by atoms with Crippen molar-refractivity contribution in [2.75, 3.05) is 6.61 Å². The molecular weight excluding hydrogens is 300 g/mol. The van der Waals surface area contributed by atoms with E-state index < -0.39 is 0 Å². The van der Waals surface area contributed by atoms with Crippen molar-refractivity contribution >= 4 is 23.1 Å². The molecule has 0 spiro atoms. The Morgan fingerprint density at radius 3 is 2.77 bits per heavy atom. The fourth-order valence-electron chi connectivity index (χ4n) is 2.64. The number of thiazole rings is 1. The molecular formula is C16H18N2O3S. The van der Waals surface area contributed by atoms with Gasteiger partial charge in [0, 0.05) is 28.5 Å². The van der Waals surface area contributed by atoms with E-state index in [0.29, 0.717) is 11.5 Å². The number of ether oxygens (including phenoxy) is 1. The Morgan fingerprint density at radius 1 is 1.45 bits per heavy atom. The Kier molecular flexibility index (Phi) is 3.87. The fourth-order valence-corrected chi connectivity index (χ4v) is 3.39. The molecule has 2 aromatic heterocycles. The molecule has 1 aliphatic rings. The highest BCUT2D eigenvalue weighted by Crippen LogP contribution is 2.38. The van der Waals surface area contributed by atoms with Crippen molar-refractivity contribution in [3.8, 4) is 5.13 Å². The predicted molar refractivity (Wildman–Crippen MR) is 83.5 cm³/mol. The first kappa shape index (κ1) is 15.0. The molecule has 0 radical (unpaired) electrons. The van der Waals surface area contributed by atoms with Crippen molar-refractivity contribution in [3.63, 3.8) is 0 Å². The first-order valence-corrected chi connectivity index (χ1v) is 8.15. The van der Waals surface area contributed by atoms with Crippen LogP contribution < -0.4 is 0 Å². The normalized spacial score (nSPS) is 20.0. The van der Waals surface area contributed by atoms with Gasteiger partial charge in [0.1, 0.15) is 0 Å². The van der Waals surface area contributed by atoms with Crippen LogP contribution in [-0.2, 0) is 9.53 Å². The smallest absolute Gasteiger partial charge is 0.309 e. The van der Waals surface area contributed by atoms with Gasteiger partial charge >= 0.3 is 5.97 Å². The number of aromatic nitrogens is 2. The Bertz CT molecular complexity index is 718. The summed E-state index contributed by atoms with van der Waals surface area (Å²) in [4.78, 5) is 28.3. The minimum atomic E-state index is -0.255. The molecule has 0 saturated heterocycles. The highest BCUT2D eigenvalue weighted by Gasteiger charge is 2.40. The van der Waals surface area contributed by atoms with Crippen molar-refractivity contribution in [2.24, 2.45) is 11.8 Å². The summed E-state index contributed by atoms with van der Waals surface area (Å²) in [6.07, 6.45) is 2.60. The molecule has 116 valence electrons. The van der Waals surface area contributed by atoms with Gasteiger partial charge in [-0.1, -0.05) is 6.92 Å². The largest absolute Gasteiger partial charge is 0.457 e. The van der Waals surface area contributed by atoms with Crippen LogP contribution >= 0.6 is 11.3 Å². The number of ketones is 1. The van der Waals surface area contributed by atoms with Gasteiger partial charge in [-0.05, 0) is 32.3 Å². The molecule has 0 unspecified atom stereocenters. The predicted octanol–water partition coefficient (Wildman–Crippen LogP) is 2.93. The summed E-state index contributed by atoms with van der Waals surface area (Å²) in [5, 5.41) is 2.73. The second-order valence-corrected chi connectivity index (χ2v) is 6.66. The third-order valence-electron chi connectivity index (χ3n) is 4.10. The molecule has 2 atom stereocenters. The maximum atomic E-state index is 12.3. The van der Waals surface area contributed by atoms with E-state index in [1.54, 1.807) is 6.20 Å². The summed E-state index contributed by atoms with van der Waals surface area (Å²) >= 11 is 1.52. The van der Waals surface area contributed by atoms with E-state index in [-0.39, 0.29) is 24.3 Å². The molecule has 5 nitrogen and oxygen atoms in total. The van der Waals surface area contributed by atoms with E-state index in [1.807, 2.05) is 36.8 Å². The number of Topliss-reactive ketones (excluding diaryl/α,β-unsaturated/α-hetero) is 1. The summed E-state index contributed by atoms with van der Waals surface area (Å²) in [6, 6.07) is 1.83. The number of hydrogen-bond donors (Lipinski definition) is 0. The molecule has 6 heteroatoms. The van der Waals surface area contributed by atoms with Crippen LogP contribution in [0.3, 0.4) is 0 Å². The van der Waals surface area contributed by atoms with Gasteiger partial charge in [0.05, 0.1) is 5.92 Å². The number of hydrogen-bond acceptors (Lipinski definition) is 5. The van der Waals surface area contributed by atoms with Crippen LogP contribution in [0.1, 0.15) is 35.1 Å². The summed E-state index contributed by atoms with van der Waals surface area (Å²) in [5.41, 5.74) is 2.36. The van der Waals surface area contributed by atoms with Crippen LogP contribution in [0.4, 0.5) is 0 Å². The number of rotatable bonds is 5. The van der Waals surface area contributed by atoms with Gasteiger partial charge in [-0.15, -0.1) is 11.3 Å². The van der Waals surface area contributed by atoms with Gasteiger partial charge in [-0.25, -0.2) is 4.98 Å². The minimum absolute atomic E-state index is 0.0180. The molecule has 0 amide bonds. The molecule has 1 saturated carbocycles. The average Bonchev–Trinajstić information content (AvgIpc) is 2.87. The van der Waals surface area contributed by atoms with Crippen molar-refractivity contribution in [2.45, 2.75) is 27.2 Å². The molecule has 0 bridgehead atoms. The van der Waals surface area contributed by atoms with Gasteiger partial charge in [-0.2, -0.15) is 0 Å². The van der Waals surface area contributed by atoms with E-state index in [0.717, 1.165) is 22.9 Å². The van der Waals surface area contributed by atoms with Crippen LogP contribution in [0, 0.1) is 25.7 Å². The summed E-state index contributed by atoms with van der Waals surface area (Å²) in [5.74, 6) is -0.0553. The molecule has 0 aliphatic heterocycles. The van der Waals surface area contributed by atoms with E-state index in [4.69, 9.17) is 4.74 Å². The standard InChI is InChI=1S/C16H18N2O3S/c1-9-6-12(9)15(20)21-8-14(19)13-7-10(2)18(11(13)3)16-17-4-5-22-16/h4-5,7,9,12H,6,8H2,1-3H3/t9-,12-/m0/s1. The highest BCUT2D eigenvalue weighted by atomic mass is 32.1. The van der Waals surface area contributed by atoms with E-state index >= 15 is 0 Å². The molecule has 1 aliphatic carbocycles. The third kappa shape index (κ3) is 2.70. The number of aryl methyl sites for hydroxylation is 1. The zero-order chi connectivity index (χ0) is 15.9. The first-order chi connectivity index (χ1) is 10.5. The van der Waals surface area contributed by atoms with Crippen LogP contribution in [0.15, 0.2) is 17.6 Å². The van der Waals surface area contributed by atoms with E-state index in [1.165, 1.54) is 11.3 Å². The maximum Gasteiger partial charge on any atom is 0.309 e. The number of carbonyl (C=O) groups is 2. The Balaban J connectivity index is 1.73. The Morgan fingerprint density at radius 2 is 2.18 bits per heavy atom. The van der Waals surface area contributed by atoms with Crippen LogP contribution in [0.5, 0.6) is 0 Å². The monoisotopic (exact) mass is 318 g/mol. The van der Waals surface area contributed by atoms with Gasteiger partial charge in [0.25, 0.3) is 0 Å². The lowest BCUT2D eigenvalue weighted by Gasteiger charge is -2.06. The van der Waals surface area contributed by atoms with E-state index in [2.05, 4.69) is 4.98 Å². The molecule has 2 heterocycles. The Labute approximate surface area is 132 Å². The molecule has 0 aromatic carbocycles. The topological polar surface area (TPSA) is 61.2 Å². The summed E-state index contributed by atoms with van der Waals surface area (Å²) in [6.45, 7) is 5.63. The zero-order valence-corrected chi connectivity index (χ0v) is 13.6. The van der Waals surface area contributed by atoms with Crippen LogP contribution in [0.25, 0.3) is 5.13 Å². The third-order valence-corrected chi connectivity index (χ3v) is 4.86. The Hall–Kier alpha value is -1.95. The van der Waals surface area contributed by atoms with Gasteiger partial charge in [0.15, 0.2) is 11.7 Å². The molecule has 1 fully saturated rings.